The van der Waals surface area contributed by atoms with Crippen molar-refractivity contribution in [1.82, 2.24) is 0 Å². The predicted octanol–water partition coefficient (Wildman–Crippen LogP) is 5.21. The van der Waals surface area contributed by atoms with Crippen LogP contribution in [0.25, 0.3) is 0 Å². The van der Waals surface area contributed by atoms with E-state index < -0.39 is 16.2 Å². The molecule has 0 unspecified atom stereocenters. The van der Waals surface area contributed by atoms with Crippen molar-refractivity contribution in [2.45, 2.75) is 24.1 Å². The summed E-state index contributed by atoms with van der Waals surface area (Å²) in [5.74, 6) is -1.16. The third kappa shape index (κ3) is 2.00. The molecule has 2 amide bonds. The minimum atomic E-state index is -0.695. The van der Waals surface area contributed by atoms with E-state index in [9.17, 15) is 9.59 Å². The maximum atomic E-state index is 13.9. The number of nitrogens with zero attached hydrogens (tertiary/aromatic N) is 1. The lowest BCUT2D eigenvalue weighted by molar-refractivity contribution is -0.122. The minimum absolute atomic E-state index is 0.0882. The van der Waals surface area contributed by atoms with Gasteiger partial charge in [-0.1, -0.05) is 82.2 Å². The molecule has 0 saturated carbocycles. The summed E-state index contributed by atoms with van der Waals surface area (Å²) >= 11 is 4.04. The molecule has 0 spiro atoms. The molecule has 0 aromatic heterocycles. The molecular formula is C26H20BrNO2. The lowest BCUT2D eigenvalue weighted by Gasteiger charge is -2.51. The van der Waals surface area contributed by atoms with Crippen molar-refractivity contribution >= 4 is 33.4 Å². The summed E-state index contributed by atoms with van der Waals surface area (Å²) in [6.45, 7) is 3.98. The molecule has 0 radical (unpaired) electrons. The van der Waals surface area contributed by atoms with Crippen LogP contribution < -0.4 is 4.90 Å². The number of hydrogen-bond donors (Lipinski definition) is 0. The average molecular weight is 458 g/mol. The van der Waals surface area contributed by atoms with E-state index >= 15 is 0 Å². The standard InChI is InChI=1S/C26H20BrNO2/c1-14-11-12-20(15(2)13-14)28-24(29)22-21-16-7-3-5-9-18(16)26(27,23(22)25(28)30)19-10-6-4-8-17(19)21/h3-13,21-23H,1-2H3/t21?,22-,23+,26?/m1/s1. The Balaban J connectivity index is 1.62. The first-order valence-corrected chi connectivity index (χ1v) is 11.1. The molecule has 1 heterocycles. The number of imide groups is 1. The zero-order valence-electron chi connectivity index (χ0n) is 16.7. The van der Waals surface area contributed by atoms with Crippen LogP contribution in [0, 0.1) is 25.7 Å². The maximum absolute atomic E-state index is 13.9. The van der Waals surface area contributed by atoms with E-state index in [4.69, 9.17) is 0 Å². The molecule has 2 bridgehead atoms. The number of rotatable bonds is 1. The largest absolute Gasteiger partial charge is 0.274 e. The zero-order valence-corrected chi connectivity index (χ0v) is 18.3. The number of hydrogen-bond acceptors (Lipinski definition) is 2. The van der Waals surface area contributed by atoms with Crippen molar-refractivity contribution in [3.63, 3.8) is 0 Å². The van der Waals surface area contributed by atoms with E-state index in [0.29, 0.717) is 5.69 Å². The first-order valence-electron chi connectivity index (χ1n) is 10.3. The van der Waals surface area contributed by atoms with Crippen LogP contribution in [0.2, 0.25) is 0 Å². The van der Waals surface area contributed by atoms with E-state index in [1.807, 2.05) is 56.3 Å². The summed E-state index contributed by atoms with van der Waals surface area (Å²) in [5, 5.41) is 0. The van der Waals surface area contributed by atoms with Gasteiger partial charge >= 0.3 is 0 Å². The van der Waals surface area contributed by atoms with Gasteiger partial charge in [0.05, 0.1) is 21.8 Å². The number of anilines is 1. The fourth-order valence-electron chi connectivity index (χ4n) is 5.97. The van der Waals surface area contributed by atoms with Crippen LogP contribution >= 0.6 is 15.9 Å². The molecule has 3 aromatic rings. The third-order valence-corrected chi connectivity index (χ3v) is 8.46. The molecule has 3 aliphatic carbocycles. The van der Waals surface area contributed by atoms with Gasteiger partial charge in [-0.15, -0.1) is 0 Å². The highest BCUT2D eigenvalue weighted by Crippen LogP contribution is 2.66. The number of benzene rings is 3. The summed E-state index contributed by atoms with van der Waals surface area (Å²) in [7, 11) is 0. The van der Waals surface area contributed by atoms with Gasteiger partial charge in [-0.3, -0.25) is 9.59 Å². The number of amides is 2. The smallest absolute Gasteiger partial charge is 0.239 e. The van der Waals surface area contributed by atoms with E-state index in [-0.39, 0.29) is 17.7 Å². The number of carbonyl (C=O) groups is 2. The van der Waals surface area contributed by atoms with E-state index in [1.54, 1.807) is 0 Å². The summed E-state index contributed by atoms with van der Waals surface area (Å²) in [4.78, 5) is 29.2. The molecule has 30 heavy (non-hydrogen) atoms. The van der Waals surface area contributed by atoms with E-state index in [2.05, 4.69) is 40.2 Å². The normalized spacial score (nSPS) is 28.4. The van der Waals surface area contributed by atoms with Crippen molar-refractivity contribution in [3.05, 3.63) is 100 Å². The quantitative estimate of drug-likeness (QED) is 0.371. The Bertz CT molecular complexity index is 1220. The van der Waals surface area contributed by atoms with Gasteiger partial charge in [-0.25, -0.2) is 4.90 Å². The van der Waals surface area contributed by atoms with Gasteiger partial charge in [0.2, 0.25) is 11.8 Å². The number of aryl methyl sites for hydroxylation is 2. The fourth-order valence-corrected chi connectivity index (χ4v) is 7.18. The van der Waals surface area contributed by atoms with Crippen molar-refractivity contribution in [1.29, 1.82) is 0 Å². The van der Waals surface area contributed by atoms with Crippen molar-refractivity contribution < 1.29 is 9.59 Å². The van der Waals surface area contributed by atoms with Crippen LogP contribution in [0.15, 0.2) is 66.7 Å². The molecule has 7 rings (SSSR count). The van der Waals surface area contributed by atoms with Crippen LogP contribution in [-0.4, -0.2) is 11.8 Å². The highest BCUT2D eigenvalue weighted by atomic mass is 79.9. The highest BCUT2D eigenvalue weighted by molar-refractivity contribution is 9.09. The Kier molecular flexibility index (Phi) is 3.57. The van der Waals surface area contributed by atoms with E-state index in [1.165, 1.54) is 4.90 Å². The second-order valence-electron chi connectivity index (χ2n) is 8.67. The summed E-state index contributed by atoms with van der Waals surface area (Å²) < 4.78 is -0.695. The summed E-state index contributed by atoms with van der Waals surface area (Å²) in [6, 6.07) is 22.4. The lowest BCUT2D eigenvalue weighted by Crippen LogP contribution is -2.50. The van der Waals surface area contributed by atoms with Gasteiger partial charge in [0.15, 0.2) is 0 Å². The molecular weight excluding hydrogens is 438 g/mol. The number of carbonyl (C=O) groups excluding carboxylic acids is 2. The molecule has 148 valence electrons. The predicted molar refractivity (Wildman–Crippen MR) is 120 cm³/mol. The summed E-state index contributed by atoms with van der Waals surface area (Å²) in [5.41, 5.74) is 7.28. The highest BCUT2D eigenvalue weighted by Gasteiger charge is 2.67. The van der Waals surface area contributed by atoms with Gasteiger partial charge in [-0.05, 0) is 47.7 Å². The average Bonchev–Trinajstić information content (AvgIpc) is 3.01. The molecule has 1 fully saturated rings. The summed E-state index contributed by atoms with van der Waals surface area (Å²) in [6.07, 6.45) is 0. The lowest BCUT2D eigenvalue weighted by atomic mass is 9.55. The Morgan fingerprint density at radius 2 is 1.43 bits per heavy atom. The molecule has 4 aliphatic rings. The van der Waals surface area contributed by atoms with Crippen LogP contribution in [0.3, 0.4) is 0 Å². The maximum Gasteiger partial charge on any atom is 0.239 e. The van der Waals surface area contributed by atoms with Gasteiger partial charge < -0.3 is 0 Å². The molecule has 3 aromatic carbocycles. The van der Waals surface area contributed by atoms with Gasteiger partial charge in [0.25, 0.3) is 0 Å². The first-order chi connectivity index (χ1) is 14.4. The second-order valence-corrected chi connectivity index (χ2v) is 9.92. The van der Waals surface area contributed by atoms with Crippen LogP contribution in [0.5, 0.6) is 0 Å². The molecule has 3 nitrogen and oxygen atoms in total. The third-order valence-electron chi connectivity index (χ3n) is 7.11. The van der Waals surface area contributed by atoms with Crippen molar-refractivity contribution in [2.75, 3.05) is 4.90 Å². The van der Waals surface area contributed by atoms with Gasteiger partial charge in [-0.2, -0.15) is 0 Å². The van der Waals surface area contributed by atoms with Gasteiger partial charge in [0, 0.05) is 5.92 Å². The number of alkyl halides is 1. The molecule has 1 saturated heterocycles. The van der Waals surface area contributed by atoms with Crippen LogP contribution in [0.1, 0.15) is 39.3 Å². The number of halogens is 1. The van der Waals surface area contributed by atoms with Crippen molar-refractivity contribution in [2.24, 2.45) is 11.8 Å². The minimum Gasteiger partial charge on any atom is -0.274 e. The van der Waals surface area contributed by atoms with Crippen molar-refractivity contribution in [3.8, 4) is 0 Å². The molecule has 1 aliphatic heterocycles. The SMILES string of the molecule is Cc1ccc(N2C(=O)[C@@H]3C4c5ccccc5C(Br)(c5ccccc54)[C@@H]3C2=O)c(C)c1. The topological polar surface area (TPSA) is 37.4 Å². The Morgan fingerprint density at radius 1 is 0.833 bits per heavy atom. The molecule has 0 N–H and O–H groups in total. The van der Waals surface area contributed by atoms with Crippen LogP contribution in [-0.2, 0) is 13.9 Å². The molecule has 2 atom stereocenters. The van der Waals surface area contributed by atoms with Gasteiger partial charge in [0.1, 0.15) is 0 Å². The van der Waals surface area contributed by atoms with E-state index in [0.717, 1.165) is 33.4 Å². The Morgan fingerprint density at radius 3 is 2.03 bits per heavy atom. The Labute approximate surface area is 183 Å². The van der Waals surface area contributed by atoms with Crippen LogP contribution in [0.4, 0.5) is 5.69 Å². The fraction of sp³-hybridized carbons (Fsp3) is 0.231. The first kappa shape index (κ1) is 18.1. The second kappa shape index (κ2) is 5.92. The zero-order chi connectivity index (χ0) is 20.8. The molecule has 4 heteroatoms. The Hall–Kier alpha value is -2.72. The monoisotopic (exact) mass is 457 g/mol.